The second-order valence-electron chi connectivity index (χ2n) is 11.5. The highest BCUT2D eigenvalue weighted by molar-refractivity contribution is 6.02. The normalized spacial score (nSPS) is 10.7. The number of rotatable bonds is 10. The van der Waals surface area contributed by atoms with Gasteiger partial charge in [0.15, 0.2) is 23.3 Å². The highest BCUT2D eigenvalue weighted by Crippen LogP contribution is 2.32. The van der Waals surface area contributed by atoms with Crippen molar-refractivity contribution in [1.82, 2.24) is 30.4 Å². The first-order chi connectivity index (χ1) is 26.3. The van der Waals surface area contributed by atoms with E-state index in [2.05, 4.69) is 30.4 Å². The number of carbonyl (C=O) groups excluding carboxylic acids is 4. The molecular formula is C40H28N6O8. The van der Waals surface area contributed by atoms with Gasteiger partial charge in [0.2, 0.25) is 0 Å². The topological polar surface area (TPSA) is 188 Å². The molecule has 0 aliphatic carbocycles. The molecule has 0 atom stereocenters. The van der Waals surface area contributed by atoms with Crippen molar-refractivity contribution in [2.45, 2.75) is 0 Å². The lowest BCUT2D eigenvalue weighted by Gasteiger charge is -2.15. The smallest absolute Gasteiger partial charge is 0.343 e. The summed E-state index contributed by atoms with van der Waals surface area (Å²) in [5.74, 6) is -2.55. The second kappa shape index (κ2) is 15.2. The average Bonchev–Trinajstić information content (AvgIpc) is 3.93. The summed E-state index contributed by atoms with van der Waals surface area (Å²) in [6.07, 6.45) is 0. The van der Waals surface area contributed by atoms with Crippen LogP contribution >= 0.6 is 0 Å². The minimum atomic E-state index is -0.933. The van der Waals surface area contributed by atoms with Gasteiger partial charge in [0, 0.05) is 34.4 Å². The Balaban J connectivity index is 1.15. The van der Waals surface area contributed by atoms with Gasteiger partial charge in [0.1, 0.15) is 22.6 Å². The van der Waals surface area contributed by atoms with E-state index in [0.29, 0.717) is 34.4 Å². The van der Waals surface area contributed by atoms with Crippen LogP contribution in [0.15, 0.2) is 121 Å². The molecular weight excluding hydrogens is 692 g/mol. The molecule has 54 heavy (non-hydrogen) atoms. The molecule has 0 aliphatic rings. The zero-order valence-corrected chi connectivity index (χ0v) is 28.6. The standard InChI is InChI=1S/C40H28N6O8/c1-51-39(49)29-21-32(54-38(48)28-18-10-16-26(20-28)36-42-34(44-46-36)24-13-7-4-8-14-24)30(40(50)52-2)22-31(29)53-37(47)27-17-9-15-25(19-27)35-41-33(43-45-35)23-11-5-3-6-12-23/h3-22H,1-2H3,(H,41,43,45)(H,42,44,46). The van der Waals surface area contributed by atoms with Gasteiger partial charge in [-0.25, -0.2) is 29.1 Å². The molecule has 0 saturated heterocycles. The van der Waals surface area contributed by atoms with E-state index in [1.54, 1.807) is 24.3 Å². The van der Waals surface area contributed by atoms with E-state index in [1.165, 1.54) is 24.3 Å². The Morgan fingerprint density at radius 3 is 1.24 bits per heavy atom. The maximum Gasteiger partial charge on any atom is 0.343 e. The lowest BCUT2D eigenvalue weighted by molar-refractivity contribution is 0.0567. The molecule has 0 spiro atoms. The van der Waals surface area contributed by atoms with Crippen molar-refractivity contribution in [1.29, 1.82) is 0 Å². The number of methoxy groups -OCH3 is 2. The number of H-pyrrole nitrogens is 2. The van der Waals surface area contributed by atoms with Crippen molar-refractivity contribution in [3.05, 3.63) is 144 Å². The molecule has 0 bridgehead atoms. The molecule has 0 radical (unpaired) electrons. The van der Waals surface area contributed by atoms with E-state index in [-0.39, 0.29) is 33.8 Å². The first-order valence-electron chi connectivity index (χ1n) is 16.3. The average molecular weight is 721 g/mol. The molecule has 2 aromatic heterocycles. The number of aromatic nitrogens is 6. The van der Waals surface area contributed by atoms with Crippen molar-refractivity contribution >= 4 is 23.9 Å². The van der Waals surface area contributed by atoms with Crippen molar-refractivity contribution < 1.29 is 38.1 Å². The second-order valence-corrected chi connectivity index (χ2v) is 11.5. The van der Waals surface area contributed by atoms with Crippen molar-refractivity contribution in [3.8, 4) is 57.1 Å². The van der Waals surface area contributed by atoms with Gasteiger partial charge in [0.05, 0.1) is 25.3 Å². The minimum Gasteiger partial charge on any atom is -0.465 e. The van der Waals surface area contributed by atoms with Crippen LogP contribution in [0, 0.1) is 0 Å². The monoisotopic (exact) mass is 720 g/mol. The molecule has 5 aromatic carbocycles. The van der Waals surface area contributed by atoms with E-state index >= 15 is 0 Å². The van der Waals surface area contributed by atoms with E-state index in [0.717, 1.165) is 37.5 Å². The molecule has 7 aromatic rings. The Kier molecular flexibility index (Phi) is 9.80. The number of aromatic amines is 2. The van der Waals surface area contributed by atoms with Crippen molar-refractivity contribution in [3.63, 3.8) is 0 Å². The van der Waals surface area contributed by atoms with Crippen LogP contribution in [0.3, 0.4) is 0 Å². The van der Waals surface area contributed by atoms with E-state index in [4.69, 9.17) is 18.9 Å². The Hall–Kier alpha value is -7.74. The van der Waals surface area contributed by atoms with Gasteiger partial charge in [-0.15, -0.1) is 0 Å². The summed E-state index contributed by atoms with van der Waals surface area (Å²) in [4.78, 5) is 62.0. The van der Waals surface area contributed by atoms with E-state index in [9.17, 15) is 19.2 Å². The maximum atomic E-state index is 13.5. The van der Waals surface area contributed by atoms with Crippen LogP contribution in [0.1, 0.15) is 41.4 Å². The third-order valence-electron chi connectivity index (χ3n) is 8.08. The predicted octanol–water partition coefficient (Wildman–Crippen LogP) is 6.60. The van der Waals surface area contributed by atoms with Gasteiger partial charge < -0.3 is 18.9 Å². The molecule has 2 N–H and O–H groups in total. The first kappa shape index (κ1) is 34.7. The molecule has 14 nitrogen and oxygen atoms in total. The minimum absolute atomic E-state index is 0.0960. The Bertz CT molecular complexity index is 2340. The van der Waals surface area contributed by atoms with Crippen LogP contribution in [0.4, 0.5) is 0 Å². The van der Waals surface area contributed by atoms with Gasteiger partial charge in [-0.05, 0) is 24.3 Å². The molecule has 0 aliphatic heterocycles. The lowest BCUT2D eigenvalue weighted by atomic mass is 10.1. The molecule has 0 amide bonds. The summed E-state index contributed by atoms with van der Waals surface area (Å²) in [5, 5.41) is 14.3. The van der Waals surface area contributed by atoms with Crippen LogP contribution in [0.25, 0.3) is 45.6 Å². The fraction of sp³-hybridized carbons (Fsp3) is 0.0500. The summed E-state index contributed by atoms with van der Waals surface area (Å²) >= 11 is 0. The molecule has 0 unspecified atom stereocenters. The summed E-state index contributed by atoms with van der Waals surface area (Å²) in [6, 6.07) is 33.6. The molecule has 0 saturated carbocycles. The van der Waals surface area contributed by atoms with E-state index in [1.807, 2.05) is 60.7 Å². The Labute approximate surface area is 306 Å². The SMILES string of the molecule is COC(=O)c1cc(OC(=O)c2cccc(-c3nc(-c4ccccc4)n[nH]3)c2)c(C(=O)OC)cc1OC(=O)c1cccc(-c2nc(-c3ccccc3)n[nH]2)c1. The summed E-state index contributed by atoms with van der Waals surface area (Å²) < 4.78 is 21.2. The number of esters is 4. The van der Waals surface area contributed by atoms with Crippen LogP contribution in [-0.4, -0.2) is 68.5 Å². The maximum absolute atomic E-state index is 13.5. The van der Waals surface area contributed by atoms with Crippen LogP contribution in [0.2, 0.25) is 0 Å². The zero-order valence-electron chi connectivity index (χ0n) is 28.6. The number of hydrogen-bond acceptors (Lipinski definition) is 12. The van der Waals surface area contributed by atoms with Gasteiger partial charge >= 0.3 is 23.9 Å². The first-order valence-corrected chi connectivity index (χ1v) is 16.3. The zero-order chi connectivity index (χ0) is 37.6. The van der Waals surface area contributed by atoms with Gasteiger partial charge in [-0.1, -0.05) is 84.9 Å². The van der Waals surface area contributed by atoms with Crippen LogP contribution in [0.5, 0.6) is 11.5 Å². The number of ether oxygens (including phenoxy) is 4. The van der Waals surface area contributed by atoms with Crippen LogP contribution < -0.4 is 9.47 Å². The number of hydrogen-bond donors (Lipinski definition) is 2. The van der Waals surface area contributed by atoms with Crippen LogP contribution in [-0.2, 0) is 9.47 Å². The summed E-state index contributed by atoms with van der Waals surface area (Å²) in [5.41, 5.74) is 2.27. The summed E-state index contributed by atoms with van der Waals surface area (Å²) in [6.45, 7) is 0. The highest BCUT2D eigenvalue weighted by Gasteiger charge is 2.26. The third kappa shape index (κ3) is 7.34. The molecule has 0 fully saturated rings. The Morgan fingerprint density at radius 2 is 0.852 bits per heavy atom. The molecule has 7 rings (SSSR count). The number of carbonyl (C=O) groups is 4. The van der Waals surface area contributed by atoms with Crippen molar-refractivity contribution in [2.24, 2.45) is 0 Å². The van der Waals surface area contributed by atoms with Crippen molar-refractivity contribution in [2.75, 3.05) is 14.2 Å². The largest absolute Gasteiger partial charge is 0.465 e. The third-order valence-corrected chi connectivity index (χ3v) is 8.08. The number of benzene rings is 5. The molecule has 266 valence electrons. The molecule has 2 heterocycles. The van der Waals surface area contributed by atoms with E-state index < -0.39 is 23.9 Å². The number of nitrogens with one attached hydrogen (secondary N) is 2. The predicted molar refractivity (Wildman–Crippen MR) is 194 cm³/mol. The fourth-order valence-corrected chi connectivity index (χ4v) is 5.39. The quantitative estimate of drug-likeness (QED) is 0.114. The van der Waals surface area contributed by atoms with Gasteiger partial charge in [-0.3, -0.25) is 10.2 Å². The Morgan fingerprint density at radius 1 is 0.463 bits per heavy atom. The van der Waals surface area contributed by atoms with Gasteiger partial charge in [-0.2, -0.15) is 10.2 Å². The van der Waals surface area contributed by atoms with Gasteiger partial charge in [0.25, 0.3) is 0 Å². The molecule has 14 heteroatoms. The summed E-state index contributed by atoms with van der Waals surface area (Å²) in [7, 11) is 2.24. The lowest BCUT2D eigenvalue weighted by Crippen LogP contribution is -2.17. The number of nitrogens with zero attached hydrogens (tertiary/aromatic N) is 4. The fourth-order valence-electron chi connectivity index (χ4n) is 5.39. The highest BCUT2D eigenvalue weighted by atomic mass is 16.6.